The predicted molar refractivity (Wildman–Crippen MR) is 48.8 cm³/mol. The van der Waals surface area contributed by atoms with Crippen LogP contribution in [-0.4, -0.2) is 41.1 Å². The van der Waals surface area contributed by atoms with Crippen LogP contribution in [0.1, 0.15) is 5.82 Å². The molecule has 5 heteroatoms. The number of hydrogen-bond acceptors (Lipinski definition) is 4. The van der Waals surface area contributed by atoms with Gasteiger partial charge >= 0.3 is 0 Å². The standard InChI is InChI=1S/C8H14N4O/c1-7-9-8(11(2)10-7)12-3-5-13-6-4-12/h3-6H2,1-2H3. The van der Waals surface area contributed by atoms with E-state index >= 15 is 0 Å². The summed E-state index contributed by atoms with van der Waals surface area (Å²) in [5.74, 6) is 1.77. The number of nitrogens with zero attached hydrogens (tertiary/aromatic N) is 4. The molecule has 0 N–H and O–H groups in total. The molecule has 0 aliphatic carbocycles. The number of hydrogen-bond donors (Lipinski definition) is 0. The van der Waals surface area contributed by atoms with Crippen LogP contribution in [0.3, 0.4) is 0 Å². The average Bonchev–Trinajstić information content (AvgIpc) is 2.47. The van der Waals surface area contributed by atoms with E-state index in [-0.39, 0.29) is 0 Å². The Labute approximate surface area is 77.3 Å². The zero-order valence-corrected chi connectivity index (χ0v) is 8.03. The van der Waals surface area contributed by atoms with Crippen LogP contribution in [-0.2, 0) is 11.8 Å². The van der Waals surface area contributed by atoms with Crippen molar-refractivity contribution in [2.45, 2.75) is 6.92 Å². The molecule has 0 atom stereocenters. The summed E-state index contributed by atoms with van der Waals surface area (Å²) in [5, 5.41) is 4.21. The zero-order valence-electron chi connectivity index (χ0n) is 8.03. The van der Waals surface area contributed by atoms with E-state index in [1.54, 1.807) is 0 Å². The first-order chi connectivity index (χ1) is 6.27. The highest BCUT2D eigenvalue weighted by Gasteiger charge is 2.15. The molecule has 1 aliphatic heterocycles. The van der Waals surface area contributed by atoms with Crippen molar-refractivity contribution in [1.29, 1.82) is 0 Å². The molecular weight excluding hydrogens is 168 g/mol. The summed E-state index contributed by atoms with van der Waals surface area (Å²) in [6, 6.07) is 0. The van der Waals surface area contributed by atoms with Gasteiger partial charge in [0.25, 0.3) is 0 Å². The molecule has 1 fully saturated rings. The topological polar surface area (TPSA) is 43.2 Å². The van der Waals surface area contributed by atoms with E-state index in [1.165, 1.54) is 0 Å². The van der Waals surface area contributed by atoms with Crippen molar-refractivity contribution in [3.63, 3.8) is 0 Å². The predicted octanol–water partition coefficient (Wildman–Crippen LogP) is -0.0399. The fourth-order valence-electron chi connectivity index (χ4n) is 1.54. The van der Waals surface area contributed by atoms with Gasteiger partial charge in [0, 0.05) is 20.1 Å². The summed E-state index contributed by atoms with van der Waals surface area (Å²) < 4.78 is 7.09. The molecule has 13 heavy (non-hydrogen) atoms. The molecule has 0 saturated carbocycles. The first-order valence-corrected chi connectivity index (χ1v) is 4.48. The fourth-order valence-corrected chi connectivity index (χ4v) is 1.54. The van der Waals surface area contributed by atoms with Gasteiger partial charge in [-0.05, 0) is 6.92 Å². The first kappa shape index (κ1) is 8.50. The minimum atomic E-state index is 0.784. The molecule has 1 aromatic rings. The smallest absolute Gasteiger partial charge is 0.223 e. The van der Waals surface area contributed by atoms with Crippen LogP contribution in [0.25, 0.3) is 0 Å². The van der Waals surface area contributed by atoms with Crippen LogP contribution >= 0.6 is 0 Å². The number of morpholine rings is 1. The Kier molecular flexibility index (Phi) is 2.18. The molecule has 0 radical (unpaired) electrons. The average molecular weight is 182 g/mol. The van der Waals surface area contributed by atoms with Crippen LogP contribution < -0.4 is 4.90 Å². The van der Waals surface area contributed by atoms with Crippen molar-refractivity contribution in [2.24, 2.45) is 7.05 Å². The van der Waals surface area contributed by atoms with Crippen molar-refractivity contribution in [1.82, 2.24) is 14.8 Å². The molecule has 0 spiro atoms. The van der Waals surface area contributed by atoms with Crippen molar-refractivity contribution in [3.8, 4) is 0 Å². The van der Waals surface area contributed by atoms with Crippen molar-refractivity contribution in [2.75, 3.05) is 31.2 Å². The molecule has 1 aliphatic rings. The molecule has 0 bridgehead atoms. The van der Waals surface area contributed by atoms with Crippen molar-refractivity contribution >= 4 is 5.95 Å². The minimum Gasteiger partial charge on any atom is -0.378 e. The number of anilines is 1. The highest BCUT2D eigenvalue weighted by Crippen LogP contribution is 2.11. The Hall–Kier alpha value is -1.10. The third-order valence-electron chi connectivity index (χ3n) is 2.14. The third-order valence-corrected chi connectivity index (χ3v) is 2.14. The minimum absolute atomic E-state index is 0.784. The maximum absolute atomic E-state index is 5.27. The van der Waals surface area contributed by atoms with Crippen molar-refractivity contribution < 1.29 is 4.74 Å². The van der Waals surface area contributed by atoms with Gasteiger partial charge in [-0.1, -0.05) is 0 Å². The Bertz CT molecular complexity index is 290. The Morgan fingerprint density at radius 1 is 1.31 bits per heavy atom. The lowest BCUT2D eigenvalue weighted by Crippen LogP contribution is -2.37. The normalized spacial score (nSPS) is 17.8. The van der Waals surface area contributed by atoms with E-state index in [0.717, 1.165) is 38.1 Å². The molecule has 72 valence electrons. The molecule has 5 nitrogen and oxygen atoms in total. The molecule has 0 unspecified atom stereocenters. The summed E-state index contributed by atoms with van der Waals surface area (Å²) in [6.45, 7) is 5.29. The second kappa shape index (κ2) is 3.33. The van der Waals surface area contributed by atoms with Crippen LogP contribution in [0.5, 0.6) is 0 Å². The molecule has 1 aromatic heterocycles. The first-order valence-electron chi connectivity index (χ1n) is 4.48. The van der Waals surface area contributed by atoms with Gasteiger partial charge in [-0.15, -0.1) is 0 Å². The second-order valence-electron chi connectivity index (χ2n) is 3.18. The van der Waals surface area contributed by atoms with E-state index in [0.29, 0.717) is 0 Å². The SMILES string of the molecule is Cc1nc(N2CCOCC2)n(C)n1. The lowest BCUT2D eigenvalue weighted by atomic mass is 10.4. The van der Waals surface area contributed by atoms with Gasteiger partial charge in [0.1, 0.15) is 5.82 Å². The Morgan fingerprint density at radius 3 is 2.54 bits per heavy atom. The maximum atomic E-state index is 5.27. The number of ether oxygens (including phenoxy) is 1. The molecule has 2 heterocycles. The number of aromatic nitrogens is 3. The van der Waals surface area contributed by atoms with Gasteiger partial charge in [-0.2, -0.15) is 10.1 Å². The van der Waals surface area contributed by atoms with Crippen LogP contribution in [0, 0.1) is 6.92 Å². The van der Waals surface area contributed by atoms with Gasteiger partial charge < -0.3 is 9.64 Å². The van der Waals surface area contributed by atoms with E-state index in [4.69, 9.17) is 4.74 Å². The van der Waals surface area contributed by atoms with Gasteiger partial charge in [-0.25, -0.2) is 4.68 Å². The lowest BCUT2D eigenvalue weighted by molar-refractivity contribution is 0.121. The third kappa shape index (κ3) is 1.65. The summed E-state index contributed by atoms with van der Waals surface area (Å²) >= 11 is 0. The number of aryl methyl sites for hydroxylation is 2. The van der Waals surface area contributed by atoms with Crippen LogP contribution in [0.2, 0.25) is 0 Å². The molecule has 1 saturated heterocycles. The monoisotopic (exact) mass is 182 g/mol. The largest absolute Gasteiger partial charge is 0.378 e. The van der Waals surface area contributed by atoms with E-state index in [1.807, 2.05) is 18.7 Å². The van der Waals surface area contributed by atoms with E-state index in [9.17, 15) is 0 Å². The second-order valence-corrected chi connectivity index (χ2v) is 3.18. The Morgan fingerprint density at radius 2 is 2.00 bits per heavy atom. The van der Waals surface area contributed by atoms with Crippen molar-refractivity contribution in [3.05, 3.63) is 5.82 Å². The highest BCUT2D eigenvalue weighted by atomic mass is 16.5. The molecule has 2 rings (SSSR count). The summed E-state index contributed by atoms with van der Waals surface area (Å²) in [6.07, 6.45) is 0. The zero-order chi connectivity index (χ0) is 9.26. The van der Waals surface area contributed by atoms with E-state index < -0.39 is 0 Å². The van der Waals surface area contributed by atoms with Gasteiger partial charge in [0.2, 0.25) is 5.95 Å². The fraction of sp³-hybridized carbons (Fsp3) is 0.750. The highest BCUT2D eigenvalue weighted by molar-refractivity contribution is 5.30. The molecule has 0 aromatic carbocycles. The Balaban J connectivity index is 2.18. The quantitative estimate of drug-likeness (QED) is 0.611. The molecule has 0 amide bonds. The maximum Gasteiger partial charge on any atom is 0.223 e. The van der Waals surface area contributed by atoms with Gasteiger partial charge in [0.05, 0.1) is 13.2 Å². The van der Waals surface area contributed by atoms with Crippen LogP contribution in [0.4, 0.5) is 5.95 Å². The van der Waals surface area contributed by atoms with Gasteiger partial charge in [0.15, 0.2) is 0 Å². The number of rotatable bonds is 1. The summed E-state index contributed by atoms with van der Waals surface area (Å²) in [7, 11) is 1.92. The summed E-state index contributed by atoms with van der Waals surface area (Å²) in [4.78, 5) is 6.55. The lowest BCUT2D eigenvalue weighted by Gasteiger charge is -2.26. The molecular formula is C8H14N4O. The van der Waals surface area contributed by atoms with Crippen LogP contribution in [0.15, 0.2) is 0 Å². The summed E-state index contributed by atoms with van der Waals surface area (Å²) in [5.41, 5.74) is 0. The van der Waals surface area contributed by atoms with E-state index in [2.05, 4.69) is 15.0 Å². The van der Waals surface area contributed by atoms with Gasteiger partial charge in [-0.3, -0.25) is 0 Å².